The fourth-order valence-corrected chi connectivity index (χ4v) is 4.21. The maximum absolute atomic E-state index is 2.33. The first-order chi connectivity index (χ1) is 12.8. The van der Waals surface area contributed by atoms with Crippen molar-refractivity contribution < 1.29 is 0 Å². The Morgan fingerprint density at radius 2 is 1.15 bits per heavy atom. The smallest absolute Gasteiger partial charge is 0.0184 e. The Morgan fingerprint density at radius 3 is 1.65 bits per heavy atom. The molecule has 4 rings (SSSR count). The van der Waals surface area contributed by atoms with Crippen LogP contribution >= 0.6 is 0 Å². The molecular formula is C26H28. The highest BCUT2D eigenvalue weighted by Crippen LogP contribution is 2.28. The number of hydrogen-bond donors (Lipinski definition) is 0. The zero-order chi connectivity index (χ0) is 17.8. The molecule has 0 heteroatoms. The lowest BCUT2D eigenvalue weighted by atomic mass is 9.91. The van der Waals surface area contributed by atoms with E-state index in [4.69, 9.17) is 0 Å². The summed E-state index contributed by atoms with van der Waals surface area (Å²) in [7, 11) is 0. The minimum absolute atomic E-state index is 0.803. The molecule has 0 N–H and O–H groups in total. The molecule has 26 heavy (non-hydrogen) atoms. The zero-order valence-corrected chi connectivity index (χ0v) is 15.7. The van der Waals surface area contributed by atoms with E-state index in [0.29, 0.717) is 0 Å². The first-order valence-electron chi connectivity index (χ1n) is 10.1. The van der Waals surface area contributed by atoms with Gasteiger partial charge in [0.2, 0.25) is 0 Å². The summed E-state index contributed by atoms with van der Waals surface area (Å²) in [5.74, 6) is 0.803. The van der Waals surface area contributed by atoms with Gasteiger partial charge in [-0.05, 0) is 77.8 Å². The average Bonchev–Trinajstić information content (AvgIpc) is 2.91. The predicted octanol–water partition coefficient (Wildman–Crippen LogP) is 6.65. The van der Waals surface area contributed by atoms with E-state index >= 15 is 0 Å². The van der Waals surface area contributed by atoms with Crippen molar-refractivity contribution >= 4 is 0 Å². The summed E-state index contributed by atoms with van der Waals surface area (Å²) in [6.45, 7) is 2.20. The molecule has 0 saturated heterocycles. The number of rotatable bonds is 4. The Morgan fingerprint density at radius 1 is 0.654 bits per heavy atom. The molecule has 0 aliphatic heterocycles. The Balaban J connectivity index is 1.41. The maximum atomic E-state index is 2.33. The normalized spacial score (nSPS) is 14.7. The van der Waals surface area contributed by atoms with E-state index in [1.807, 2.05) is 0 Å². The van der Waals surface area contributed by atoms with Crippen LogP contribution in [0.4, 0.5) is 0 Å². The minimum Gasteiger partial charge on any atom is -0.0620 e. The molecule has 0 bridgehead atoms. The van der Waals surface area contributed by atoms with Gasteiger partial charge in [0.25, 0.3) is 0 Å². The number of benzene rings is 3. The van der Waals surface area contributed by atoms with Crippen molar-refractivity contribution in [1.82, 2.24) is 0 Å². The third kappa shape index (κ3) is 3.90. The van der Waals surface area contributed by atoms with Crippen LogP contribution < -0.4 is 0 Å². The van der Waals surface area contributed by atoms with Gasteiger partial charge in [-0.15, -0.1) is 0 Å². The Labute approximate surface area is 157 Å². The van der Waals surface area contributed by atoms with Gasteiger partial charge in [-0.3, -0.25) is 0 Å². The van der Waals surface area contributed by atoms with Crippen molar-refractivity contribution in [2.24, 2.45) is 5.92 Å². The molecule has 0 saturated carbocycles. The largest absolute Gasteiger partial charge is 0.0620 e. The first-order valence-corrected chi connectivity index (χ1v) is 10.1. The second kappa shape index (κ2) is 7.91. The number of aryl methyl sites for hydroxylation is 3. The van der Waals surface area contributed by atoms with Crippen molar-refractivity contribution in [3.8, 4) is 11.1 Å². The molecule has 0 unspecified atom stereocenters. The molecule has 1 aliphatic carbocycles. The highest BCUT2D eigenvalue weighted by molar-refractivity contribution is 5.64. The van der Waals surface area contributed by atoms with Crippen molar-refractivity contribution in [2.75, 3.05) is 0 Å². The molecule has 3 aromatic rings. The van der Waals surface area contributed by atoms with Gasteiger partial charge < -0.3 is 0 Å². The molecule has 0 fully saturated rings. The van der Waals surface area contributed by atoms with Crippen LogP contribution in [0.5, 0.6) is 0 Å². The van der Waals surface area contributed by atoms with Gasteiger partial charge >= 0.3 is 0 Å². The lowest BCUT2D eigenvalue weighted by molar-refractivity contribution is 0.462. The van der Waals surface area contributed by atoms with Crippen LogP contribution in [-0.4, -0.2) is 0 Å². The van der Waals surface area contributed by atoms with Crippen molar-refractivity contribution in [1.29, 1.82) is 0 Å². The number of fused-ring (bicyclic) bond motifs is 1. The first kappa shape index (κ1) is 17.1. The average molecular weight is 341 g/mol. The van der Waals surface area contributed by atoms with Gasteiger partial charge in [-0.25, -0.2) is 0 Å². The fourth-order valence-electron chi connectivity index (χ4n) is 4.21. The third-order valence-electron chi connectivity index (χ3n) is 5.94. The van der Waals surface area contributed by atoms with E-state index in [2.05, 4.69) is 79.7 Å². The molecule has 0 radical (unpaired) electrons. The quantitative estimate of drug-likeness (QED) is 0.466. The molecule has 132 valence electrons. The van der Waals surface area contributed by atoms with Gasteiger partial charge in [0.05, 0.1) is 0 Å². The molecular weight excluding hydrogens is 312 g/mol. The van der Waals surface area contributed by atoms with E-state index in [1.165, 1.54) is 54.4 Å². The van der Waals surface area contributed by atoms with Gasteiger partial charge in [0.1, 0.15) is 0 Å². The molecule has 0 atom stereocenters. The fraction of sp³-hybridized carbons (Fsp3) is 0.308. The molecule has 0 aromatic heterocycles. The zero-order valence-electron chi connectivity index (χ0n) is 15.7. The van der Waals surface area contributed by atoms with Crippen LogP contribution in [-0.2, 0) is 25.7 Å². The summed E-state index contributed by atoms with van der Waals surface area (Å²) >= 11 is 0. The molecule has 0 nitrogen and oxygen atoms in total. The molecule has 1 aliphatic rings. The summed E-state index contributed by atoms with van der Waals surface area (Å²) in [5.41, 5.74) is 8.67. The van der Waals surface area contributed by atoms with Crippen LogP contribution in [0.3, 0.4) is 0 Å². The lowest BCUT2D eigenvalue weighted by Crippen LogP contribution is -2.05. The second-order valence-corrected chi connectivity index (χ2v) is 7.66. The summed E-state index contributed by atoms with van der Waals surface area (Å²) in [4.78, 5) is 0. The van der Waals surface area contributed by atoms with E-state index < -0.39 is 0 Å². The van der Waals surface area contributed by atoms with Gasteiger partial charge in [-0.1, -0.05) is 79.7 Å². The van der Waals surface area contributed by atoms with Gasteiger partial charge in [-0.2, -0.15) is 0 Å². The lowest BCUT2D eigenvalue weighted by Gasteiger charge is -2.14. The molecule has 0 spiro atoms. The summed E-state index contributed by atoms with van der Waals surface area (Å²) in [5, 5.41) is 0. The van der Waals surface area contributed by atoms with Crippen molar-refractivity contribution in [3.05, 3.63) is 95.1 Å². The predicted molar refractivity (Wildman–Crippen MR) is 112 cm³/mol. The van der Waals surface area contributed by atoms with Crippen LogP contribution in [0.15, 0.2) is 72.8 Å². The Kier molecular flexibility index (Phi) is 5.20. The summed E-state index contributed by atoms with van der Waals surface area (Å²) in [6, 6.07) is 27.2. The van der Waals surface area contributed by atoms with E-state index in [9.17, 15) is 0 Å². The second-order valence-electron chi connectivity index (χ2n) is 7.66. The topological polar surface area (TPSA) is 0 Å². The van der Waals surface area contributed by atoms with Crippen LogP contribution in [0.25, 0.3) is 11.1 Å². The maximum Gasteiger partial charge on any atom is -0.0184 e. The highest BCUT2D eigenvalue weighted by atomic mass is 14.2. The standard InChI is InChI=1S/C26H28/c1-2-20-7-13-25(14-8-20)26-17-11-22(12-18-26)19-21-9-15-23-5-3-4-6-24(23)16-10-21/h3-8,11-14,17-18,21H,2,9-10,15-16,19H2,1H3. The SMILES string of the molecule is CCc1ccc(-c2ccc(CC3CCc4ccccc4CC3)cc2)cc1. The summed E-state index contributed by atoms with van der Waals surface area (Å²) < 4.78 is 0. The highest BCUT2D eigenvalue weighted by Gasteiger charge is 2.16. The van der Waals surface area contributed by atoms with Crippen molar-refractivity contribution in [2.45, 2.75) is 45.4 Å². The number of hydrogen-bond acceptors (Lipinski definition) is 0. The minimum atomic E-state index is 0.803. The molecule has 0 heterocycles. The summed E-state index contributed by atoms with van der Waals surface area (Å²) in [6.07, 6.45) is 7.42. The van der Waals surface area contributed by atoms with Gasteiger partial charge in [0.15, 0.2) is 0 Å². The molecule has 0 amide bonds. The van der Waals surface area contributed by atoms with Crippen LogP contribution in [0.2, 0.25) is 0 Å². The van der Waals surface area contributed by atoms with Crippen LogP contribution in [0.1, 0.15) is 42.0 Å². The van der Waals surface area contributed by atoms with E-state index in [-0.39, 0.29) is 0 Å². The van der Waals surface area contributed by atoms with Crippen LogP contribution in [0, 0.1) is 5.92 Å². The van der Waals surface area contributed by atoms with Crippen molar-refractivity contribution in [3.63, 3.8) is 0 Å². The Bertz CT molecular complexity index is 813. The van der Waals surface area contributed by atoms with E-state index in [0.717, 1.165) is 12.3 Å². The molecule has 3 aromatic carbocycles. The van der Waals surface area contributed by atoms with Gasteiger partial charge in [0, 0.05) is 0 Å². The Hall–Kier alpha value is -2.34. The third-order valence-corrected chi connectivity index (χ3v) is 5.94. The van der Waals surface area contributed by atoms with E-state index in [1.54, 1.807) is 11.1 Å². The monoisotopic (exact) mass is 340 g/mol.